The average molecular weight is 549 g/mol. The van der Waals surface area contributed by atoms with Gasteiger partial charge in [0.15, 0.2) is 5.78 Å². The van der Waals surface area contributed by atoms with Gasteiger partial charge in [0.05, 0.1) is 22.2 Å². The first-order valence-electron chi connectivity index (χ1n) is 11.3. The van der Waals surface area contributed by atoms with E-state index in [1.54, 1.807) is 30.5 Å². The van der Waals surface area contributed by atoms with Crippen LogP contribution >= 0.6 is 23.2 Å². The number of carbonyl (C=O) groups is 2. The zero-order chi connectivity index (χ0) is 27.4. The van der Waals surface area contributed by atoms with Gasteiger partial charge in [0.25, 0.3) is 11.5 Å². The van der Waals surface area contributed by atoms with Crippen molar-refractivity contribution in [1.29, 1.82) is 5.26 Å². The second-order valence-electron chi connectivity index (χ2n) is 8.44. The zero-order valence-corrected chi connectivity index (χ0v) is 21.2. The standard InChI is InChI=1S/C28H19Cl2FN4O3/c29-18-6-5-17(14-32)21(11-18)22-13-27(37)35(15-23(22)30)25(12-19-3-1-2-8-34-19)26(36)10-16-4-7-20(28(33)38)24(31)9-16/h1-9,11,13,15,25H,10,12H2,(H2,33,38). The molecule has 2 N–H and O–H groups in total. The van der Waals surface area contributed by atoms with Crippen LogP contribution in [-0.2, 0) is 17.6 Å². The molecule has 4 aromatic rings. The van der Waals surface area contributed by atoms with Crippen LogP contribution in [0, 0.1) is 17.1 Å². The molecule has 0 saturated heterocycles. The maximum absolute atomic E-state index is 14.3. The van der Waals surface area contributed by atoms with Crippen LogP contribution < -0.4 is 11.3 Å². The largest absolute Gasteiger partial charge is 0.366 e. The molecule has 1 unspecified atom stereocenters. The summed E-state index contributed by atoms with van der Waals surface area (Å²) in [5.74, 6) is -2.18. The van der Waals surface area contributed by atoms with Crippen molar-refractivity contribution in [3.63, 3.8) is 0 Å². The summed E-state index contributed by atoms with van der Waals surface area (Å²) in [5, 5.41) is 9.98. The number of Topliss-reactive ketones (excluding diaryl/α,β-unsaturated/α-hetero) is 1. The lowest BCUT2D eigenvalue weighted by molar-refractivity contribution is -0.121. The van der Waals surface area contributed by atoms with Crippen molar-refractivity contribution in [1.82, 2.24) is 9.55 Å². The van der Waals surface area contributed by atoms with Crippen molar-refractivity contribution >= 4 is 34.9 Å². The molecule has 4 rings (SSSR count). The highest BCUT2D eigenvalue weighted by Crippen LogP contribution is 2.32. The molecular weight excluding hydrogens is 530 g/mol. The van der Waals surface area contributed by atoms with Crippen molar-refractivity contribution in [2.45, 2.75) is 18.9 Å². The summed E-state index contributed by atoms with van der Waals surface area (Å²) in [6, 6.07) is 15.8. The maximum Gasteiger partial charge on any atom is 0.251 e. The number of nitriles is 1. The van der Waals surface area contributed by atoms with Crippen LogP contribution in [0.2, 0.25) is 10.0 Å². The molecule has 2 aromatic carbocycles. The zero-order valence-electron chi connectivity index (χ0n) is 19.7. The third-order valence-electron chi connectivity index (χ3n) is 5.94. The fraction of sp³-hybridized carbons (Fsp3) is 0.107. The lowest BCUT2D eigenvalue weighted by Crippen LogP contribution is -2.32. The Morgan fingerprint density at radius 1 is 1.08 bits per heavy atom. The van der Waals surface area contributed by atoms with Gasteiger partial charge >= 0.3 is 0 Å². The summed E-state index contributed by atoms with van der Waals surface area (Å²) in [6.07, 6.45) is 2.74. The molecule has 0 aliphatic carbocycles. The number of hydrogen-bond acceptors (Lipinski definition) is 5. The molecule has 10 heteroatoms. The lowest BCUT2D eigenvalue weighted by Gasteiger charge is -2.20. The Morgan fingerprint density at radius 2 is 1.87 bits per heavy atom. The molecule has 0 radical (unpaired) electrons. The van der Waals surface area contributed by atoms with Gasteiger partial charge in [-0.25, -0.2) is 4.39 Å². The van der Waals surface area contributed by atoms with Crippen LogP contribution in [0.3, 0.4) is 0 Å². The number of benzene rings is 2. The van der Waals surface area contributed by atoms with E-state index >= 15 is 0 Å². The first-order chi connectivity index (χ1) is 18.2. The Bertz CT molecular complexity index is 1650. The molecule has 0 aliphatic heterocycles. The number of ketones is 1. The number of aromatic nitrogens is 2. The quantitative estimate of drug-likeness (QED) is 0.335. The van der Waals surface area contributed by atoms with Gasteiger partial charge in [-0.05, 0) is 48.0 Å². The minimum absolute atomic E-state index is 0.0672. The van der Waals surface area contributed by atoms with Gasteiger partial charge in [0.1, 0.15) is 11.9 Å². The van der Waals surface area contributed by atoms with E-state index in [1.807, 2.05) is 0 Å². The fourth-order valence-electron chi connectivity index (χ4n) is 4.08. The first-order valence-corrected chi connectivity index (χ1v) is 12.1. The molecule has 0 saturated carbocycles. The predicted molar refractivity (Wildman–Crippen MR) is 141 cm³/mol. The lowest BCUT2D eigenvalue weighted by atomic mass is 9.97. The van der Waals surface area contributed by atoms with Gasteiger partial charge in [-0.15, -0.1) is 0 Å². The topological polar surface area (TPSA) is 119 Å². The Balaban J connectivity index is 1.76. The molecule has 2 heterocycles. The van der Waals surface area contributed by atoms with E-state index in [9.17, 15) is 24.0 Å². The second-order valence-corrected chi connectivity index (χ2v) is 9.29. The summed E-state index contributed by atoms with van der Waals surface area (Å²) in [6.45, 7) is 0. The van der Waals surface area contributed by atoms with Crippen molar-refractivity contribution in [2.24, 2.45) is 5.73 Å². The Kier molecular flexibility index (Phi) is 8.01. The number of nitrogens with zero attached hydrogens (tertiary/aromatic N) is 3. The number of carbonyl (C=O) groups excluding carboxylic acids is 2. The predicted octanol–water partition coefficient (Wildman–Crippen LogP) is 4.92. The summed E-state index contributed by atoms with van der Waals surface area (Å²) in [4.78, 5) is 42.4. The van der Waals surface area contributed by atoms with Crippen LogP contribution in [0.1, 0.15) is 33.2 Å². The summed E-state index contributed by atoms with van der Waals surface area (Å²) < 4.78 is 15.5. The molecule has 0 bridgehead atoms. The molecule has 190 valence electrons. The summed E-state index contributed by atoms with van der Waals surface area (Å²) in [7, 11) is 0. The van der Waals surface area contributed by atoms with E-state index in [1.165, 1.54) is 41.1 Å². The molecule has 38 heavy (non-hydrogen) atoms. The number of amides is 1. The number of pyridine rings is 2. The molecule has 0 spiro atoms. The monoisotopic (exact) mass is 548 g/mol. The average Bonchev–Trinajstić information content (AvgIpc) is 2.89. The minimum Gasteiger partial charge on any atom is -0.366 e. The van der Waals surface area contributed by atoms with E-state index in [-0.39, 0.29) is 29.0 Å². The first kappa shape index (κ1) is 26.7. The number of primary amides is 1. The molecule has 7 nitrogen and oxygen atoms in total. The van der Waals surface area contributed by atoms with Crippen LogP contribution in [0.15, 0.2) is 77.9 Å². The molecular formula is C28H19Cl2FN4O3. The van der Waals surface area contributed by atoms with Crippen LogP contribution in [0.4, 0.5) is 4.39 Å². The van der Waals surface area contributed by atoms with Gasteiger partial charge in [0.2, 0.25) is 0 Å². The second kappa shape index (κ2) is 11.4. The number of halogens is 3. The molecule has 0 fully saturated rings. The van der Waals surface area contributed by atoms with Crippen LogP contribution in [0.5, 0.6) is 0 Å². The van der Waals surface area contributed by atoms with Gasteiger partial charge in [-0.1, -0.05) is 35.3 Å². The molecule has 1 amide bonds. The normalized spacial score (nSPS) is 11.5. The van der Waals surface area contributed by atoms with E-state index < -0.39 is 29.1 Å². The third-order valence-corrected chi connectivity index (χ3v) is 6.47. The SMILES string of the molecule is N#Cc1ccc(Cl)cc1-c1cc(=O)n(C(Cc2ccccn2)C(=O)Cc2ccc(C(N)=O)c(F)c2)cc1Cl. The van der Waals surface area contributed by atoms with E-state index in [0.717, 1.165) is 6.07 Å². The Labute approximate surface area is 226 Å². The number of hydrogen-bond donors (Lipinski definition) is 1. The van der Waals surface area contributed by atoms with E-state index in [2.05, 4.69) is 11.1 Å². The van der Waals surface area contributed by atoms with Gasteiger partial charge in [-0.2, -0.15) is 5.26 Å². The van der Waals surface area contributed by atoms with Crippen molar-refractivity contribution in [3.8, 4) is 17.2 Å². The Hall–Kier alpha value is -4.32. The highest BCUT2D eigenvalue weighted by molar-refractivity contribution is 6.33. The highest BCUT2D eigenvalue weighted by Gasteiger charge is 2.25. The highest BCUT2D eigenvalue weighted by atomic mass is 35.5. The smallest absolute Gasteiger partial charge is 0.251 e. The molecule has 1 atom stereocenters. The van der Waals surface area contributed by atoms with E-state index in [4.69, 9.17) is 28.9 Å². The number of rotatable bonds is 8. The van der Waals surface area contributed by atoms with Crippen molar-refractivity contribution in [3.05, 3.63) is 122 Å². The Morgan fingerprint density at radius 3 is 2.53 bits per heavy atom. The van der Waals surface area contributed by atoms with Crippen LogP contribution in [-0.4, -0.2) is 21.2 Å². The van der Waals surface area contributed by atoms with Crippen molar-refractivity contribution < 1.29 is 14.0 Å². The third kappa shape index (κ3) is 5.80. The summed E-state index contributed by atoms with van der Waals surface area (Å²) >= 11 is 12.7. The van der Waals surface area contributed by atoms with Crippen LogP contribution in [0.25, 0.3) is 11.1 Å². The fourth-order valence-corrected chi connectivity index (χ4v) is 4.51. The molecule has 0 aliphatic rings. The van der Waals surface area contributed by atoms with Gasteiger partial charge in [0, 0.05) is 53.1 Å². The molecule has 2 aromatic heterocycles. The van der Waals surface area contributed by atoms with Gasteiger partial charge in [-0.3, -0.25) is 19.4 Å². The summed E-state index contributed by atoms with van der Waals surface area (Å²) in [5.41, 5.74) is 6.13. The minimum atomic E-state index is -1.03. The maximum atomic E-state index is 14.3. The van der Waals surface area contributed by atoms with Crippen molar-refractivity contribution in [2.75, 3.05) is 0 Å². The number of nitrogens with two attached hydrogens (primary N) is 1. The van der Waals surface area contributed by atoms with E-state index in [0.29, 0.717) is 27.4 Å². The van der Waals surface area contributed by atoms with Gasteiger partial charge < -0.3 is 10.3 Å².